The minimum Gasteiger partial charge on any atom is -0.333 e. The van der Waals surface area contributed by atoms with E-state index in [0.717, 1.165) is 44.5 Å². The average molecular weight is 324 g/mol. The van der Waals surface area contributed by atoms with Crippen LogP contribution in [0.1, 0.15) is 44.3 Å². The SMILES string of the molecule is CN(C1CC2CCC(C1)N2)S(=O)(=O)c1cn2c(n1)CCCC2. The molecule has 0 amide bonds. The highest BCUT2D eigenvalue weighted by molar-refractivity contribution is 7.89. The first-order valence-electron chi connectivity index (χ1n) is 8.34. The lowest BCUT2D eigenvalue weighted by Gasteiger charge is -2.34. The van der Waals surface area contributed by atoms with Crippen LogP contribution in [0.4, 0.5) is 0 Å². The summed E-state index contributed by atoms with van der Waals surface area (Å²) in [5.74, 6) is 0.920. The summed E-state index contributed by atoms with van der Waals surface area (Å²) in [7, 11) is -1.75. The molecular formula is C15H24N4O2S. The molecule has 2 fully saturated rings. The summed E-state index contributed by atoms with van der Waals surface area (Å²) >= 11 is 0. The Morgan fingerprint density at radius 3 is 2.68 bits per heavy atom. The number of fused-ring (bicyclic) bond motifs is 3. The summed E-state index contributed by atoms with van der Waals surface area (Å²) in [5, 5.41) is 3.80. The second kappa shape index (κ2) is 5.32. The normalized spacial score (nSPS) is 31.5. The van der Waals surface area contributed by atoms with Crippen LogP contribution in [0.15, 0.2) is 11.2 Å². The summed E-state index contributed by atoms with van der Waals surface area (Å²) < 4.78 is 29.4. The molecule has 3 aliphatic heterocycles. The monoisotopic (exact) mass is 324 g/mol. The van der Waals surface area contributed by atoms with Crippen LogP contribution in [0.25, 0.3) is 0 Å². The van der Waals surface area contributed by atoms with Gasteiger partial charge in [0.2, 0.25) is 0 Å². The van der Waals surface area contributed by atoms with Crippen molar-refractivity contribution < 1.29 is 8.42 Å². The molecule has 22 heavy (non-hydrogen) atoms. The third-order valence-corrected chi connectivity index (χ3v) is 7.27. The maximum atomic E-state index is 12.9. The van der Waals surface area contributed by atoms with Gasteiger partial charge in [0.05, 0.1) is 0 Å². The van der Waals surface area contributed by atoms with Crippen LogP contribution in [-0.4, -0.2) is 47.4 Å². The Kier molecular flexibility index (Phi) is 3.54. The van der Waals surface area contributed by atoms with E-state index in [0.29, 0.717) is 12.1 Å². The van der Waals surface area contributed by atoms with Crippen molar-refractivity contribution in [3.63, 3.8) is 0 Å². The number of imidazole rings is 1. The van der Waals surface area contributed by atoms with Gasteiger partial charge in [-0.25, -0.2) is 13.4 Å². The predicted molar refractivity (Wildman–Crippen MR) is 83.1 cm³/mol. The molecule has 1 N–H and O–H groups in total. The zero-order chi connectivity index (χ0) is 15.3. The van der Waals surface area contributed by atoms with Gasteiger partial charge in [-0.2, -0.15) is 4.31 Å². The quantitative estimate of drug-likeness (QED) is 0.905. The van der Waals surface area contributed by atoms with Gasteiger partial charge in [0.1, 0.15) is 5.82 Å². The number of hydrogen-bond acceptors (Lipinski definition) is 4. The molecule has 1 aromatic heterocycles. The molecule has 2 bridgehead atoms. The highest BCUT2D eigenvalue weighted by Crippen LogP contribution is 2.31. The lowest BCUT2D eigenvalue weighted by atomic mass is 10.0. The number of nitrogens with zero attached hydrogens (tertiary/aromatic N) is 3. The number of sulfonamides is 1. The minimum atomic E-state index is -3.48. The molecule has 0 aromatic carbocycles. The standard InChI is InChI=1S/C15H24N4O2S/c1-18(13-8-11-5-6-12(9-13)16-11)22(20,21)15-10-19-7-3-2-4-14(19)17-15/h10-13,16H,2-9H2,1H3. The van der Waals surface area contributed by atoms with Gasteiger partial charge in [-0.1, -0.05) is 0 Å². The summed E-state index contributed by atoms with van der Waals surface area (Å²) in [6, 6.07) is 1.07. The molecule has 3 aliphatic rings. The number of aromatic nitrogens is 2. The molecule has 0 radical (unpaired) electrons. The molecule has 4 rings (SSSR count). The first-order chi connectivity index (χ1) is 10.5. The number of nitrogens with one attached hydrogen (secondary N) is 1. The molecular weight excluding hydrogens is 300 g/mol. The van der Waals surface area contributed by atoms with Gasteiger partial charge in [-0.15, -0.1) is 0 Å². The third-order valence-electron chi connectivity index (χ3n) is 5.49. The molecule has 6 nitrogen and oxygen atoms in total. The fourth-order valence-corrected chi connectivity index (χ4v) is 5.52. The fourth-order valence-electron chi connectivity index (χ4n) is 4.18. The smallest absolute Gasteiger partial charge is 0.262 e. The van der Waals surface area contributed by atoms with Crippen molar-refractivity contribution >= 4 is 10.0 Å². The first-order valence-corrected chi connectivity index (χ1v) is 9.78. The van der Waals surface area contributed by atoms with Crippen molar-refractivity contribution in [2.45, 2.75) is 74.6 Å². The molecule has 0 saturated carbocycles. The van der Waals surface area contributed by atoms with Crippen molar-refractivity contribution in [2.75, 3.05) is 7.05 Å². The first kappa shape index (κ1) is 14.7. The number of hydrogen-bond donors (Lipinski definition) is 1. The molecule has 2 saturated heterocycles. The number of piperidine rings is 1. The molecule has 4 heterocycles. The van der Waals surface area contributed by atoms with E-state index in [4.69, 9.17) is 0 Å². The lowest BCUT2D eigenvalue weighted by Crippen LogP contribution is -2.48. The Labute approximate surface area is 132 Å². The van der Waals surface area contributed by atoms with Gasteiger partial charge < -0.3 is 9.88 Å². The fraction of sp³-hybridized carbons (Fsp3) is 0.800. The largest absolute Gasteiger partial charge is 0.333 e. The van der Waals surface area contributed by atoms with Crippen molar-refractivity contribution in [1.29, 1.82) is 0 Å². The zero-order valence-corrected chi connectivity index (χ0v) is 13.8. The van der Waals surface area contributed by atoms with E-state index in [1.54, 1.807) is 17.5 Å². The van der Waals surface area contributed by atoms with Crippen LogP contribution in [-0.2, 0) is 23.0 Å². The molecule has 0 aliphatic carbocycles. The Balaban J connectivity index is 1.58. The number of aryl methyl sites for hydroxylation is 2. The van der Waals surface area contributed by atoms with Crippen molar-refractivity contribution in [2.24, 2.45) is 0 Å². The van der Waals surface area contributed by atoms with Gasteiger partial charge in [-0.3, -0.25) is 0 Å². The zero-order valence-electron chi connectivity index (χ0n) is 13.0. The van der Waals surface area contributed by atoms with E-state index < -0.39 is 10.0 Å². The van der Waals surface area contributed by atoms with E-state index in [2.05, 4.69) is 10.3 Å². The van der Waals surface area contributed by atoms with E-state index in [1.807, 2.05) is 4.57 Å². The molecule has 7 heteroatoms. The molecule has 122 valence electrons. The average Bonchev–Trinajstić information content (AvgIpc) is 3.10. The number of rotatable bonds is 3. The maximum Gasteiger partial charge on any atom is 0.262 e. The second-order valence-electron chi connectivity index (χ2n) is 6.93. The summed E-state index contributed by atoms with van der Waals surface area (Å²) in [6.07, 6.45) is 9.01. The van der Waals surface area contributed by atoms with Crippen molar-refractivity contribution in [3.8, 4) is 0 Å². The Morgan fingerprint density at radius 1 is 1.27 bits per heavy atom. The van der Waals surface area contributed by atoms with Gasteiger partial charge in [-0.05, 0) is 38.5 Å². The van der Waals surface area contributed by atoms with Crippen LogP contribution in [0.2, 0.25) is 0 Å². The van der Waals surface area contributed by atoms with Crippen LogP contribution in [0.5, 0.6) is 0 Å². The van der Waals surface area contributed by atoms with Crippen LogP contribution in [0.3, 0.4) is 0 Å². The Morgan fingerprint density at radius 2 is 2.00 bits per heavy atom. The molecule has 2 atom stereocenters. The van der Waals surface area contributed by atoms with Gasteiger partial charge >= 0.3 is 0 Å². The molecule has 0 spiro atoms. The lowest BCUT2D eigenvalue weighted by molar-refractivity contribution is 0.251. The van der Waals surface area contributed by atoms with E-state index >= 15 is 0 Å². The van der Waals surface area contributed by atoms with Crippen molar-refractivity contribution in [3.05, 3.63) is 12.0 Å². The maximum absolute atomic E-state index is 12.9. The third kappa shape index (κ3) is 2.39. The Bertz CT molecular complexity index is 634. The topological polar surface area (TPSA) is 67.2 Å². The van der Waals surface area contributed by atoms with E-state index in [1.165, 1.54) is 12.8 Å². The van der Waals surface area contributed by atoms with E-state index in [9.17, 15) is 8.42 Å². The highest BCUT2D eigenvalue weighted by atomic mass is 32.2. The minimum absolute atomic E-state index is 0.0995. The van der Waals surface area contributed by atoms with Crippen molar-refractivity contribution in [1.82, 2.24) is 19.2 Å². The van der Waals surface area contributed by atoms with Gasteiger partial charge in [0.25, 0.3) is 10.0 Å². The predicted octanol–water partition coefficient (Wildman–Crippen LogP) is 1.12. The summed E-state index contributed by atoms with van der Waals surface area (Å²) in [5.41, 5.74) is 0. The van der Waals surface area contributed by atoms with Gasteiger partial charge in [0, 0.05) is 44.3 Å². The van der Waals surface area contributed by atoms with Gasteiger partial charge in [0.15, 0.2) is 5.03 Å². The van der Waals surface area contributed by atoms with Crippen LogP contribution >= 0.6 is 0 Å². The van der Waals surface area contributed by atoms with Crippen LogP contribution in [0, 0.1) is 0 Å². The Hall–Kier alpha value is -0.920. The highest BCUT2D eigenvalue weighted by Gasteiger charge is 2.39. The van der Waals surface area contributed by atoms with E-state index in [-0.39, 0.29) is 11.1 Å². The molecule has 2 unspecified atom stereocenters. The summed E-state index contributed by atoms with van der Waals surface area (Å²) in [4.78, 5) is 4.41. The summed E-state index contributed by atoms with van der Waals surface area (Å²) in [6.45, 7) is 0.888. The van der Waals surface area contributed by atoms with Crippen LogP contribution < -0.4 is 5.32 Å². The molecule has 1 aromatic rings. The second-order valence-corrected chi connectivity index (χ2v) is 8.87.